The van der Waals surface area contributed by atoms with Crippen molar-refractivity contribution in [2.45, 2.75) is 147 Å². The van der Waals surface area contributed by atoms with E-state index in [0.29, 0.717) is 29.5 Å². The van der Waals surface area contributed by atoms with Crippen molar-refractivity contribution in [3.8, 4) is 11.5 Å². The Morgan fingerprint density at radius 3 is 1.25 bits per heavy atom. The van der Waals surface area contributed by atoms with E-state index in [-0.39, 0.29) is 69.0 Å². The summed E-state index contributed by atoms with van der Waals surface area (Å²) in [6.07, 6.45) is 0.990. The third-order valence-corrected chi connectivity index (χ3v) is 14.2. The first-order valence-electron chi connectivity index (χ1n) is 26.6. The van der Waals surface area contributed by atoms with Crippen molar-refractivity contribution < 1.29 is 58.5 Å². The molecule has 9 amide bonds. The minimum atomic E-state index is -1.58. The number of phenolic OH excluding ortho intramolecular Hbond substituents is 2. The highest BCUT2D eigenvalue weighted by Gasteiger charge is 2.43. The lowest BCUT2D eigenvalue weighted by Crippen LogP contribution is -2.61. The molecule has 0 radical (unpaired) electrons. The second-order valence-electron chi connectivity index (χ2n) is 21.4. The van der Waals surface area contributed by atoms with Gasteiger partial charge in [-0.15, -0.1) is 0 Å². The van der Waals surface area contributed by atoms with Crippen LogP contribution in [0, 0.1) is 17.8 Å². The average Bonchev–Trinajstić information content (AvgIpc) is 4.10. The van der Waals surface area contributed by atoms with Crippen molar-refractivity contribution >= 4 is 53.2 Å². The number of hydrogen-bond donors (Lipinski definition) is 10. The van der Waals surface area contributed by atoms with E-state index in [1.165, 1.54) is 34.1 Å². The molecule has 10 N–H and O–H groups in total. The van der Waals surface area contributed by atoms with E-state index in [1.54, 1.807) is 82.3 Å². The maximum Gasteiger partial charge on any atom is 0.246 e. The third-order valence-electron chi connectivity index (χ3n) is 14.2. The maximum absolute atomic E-state index is 14.9. The third kappa shape index (κ3) is 15.8. The molecule has 3 aromatic rings. The Hall–Kier alpha value is -7.55. The summed E-state index contributed by atoms with van der Waals surface area (Å²) in [7, 11) is 0. The first-order valence-corrected chi connectivity index (χ1v) is 26.6. The van der Waals surface area contributed by atoms with Crippen LogP contribution in [0.1, 0.15) is 90.3 Å². The number of rotatable bonds is 11. The summed E-state index contributed by atoms with van der Waals surface area (Å²) in [5.74, 6) is -8.04. The molecule has 0 unspecified atom stereocenters. The molecular weight excluding hydrogens is 991 g/mol. The van der Waals surface area contributed by atoms with Gasteiger partial charge in [-0.3, -0.25) is 43.2 Å². The minimum absolute atomic E-state index is 0.0430. The predicted octanol–water partition coefficient (Wildman–Crippen LogP) is 0.865. The summed E-state index contributed by atoms with van der Waals surface area (Å²) in [4.78, 5) is 133. The molecule has 3 heterocycles. The van der Waals surface area contributed by atoms with Crippen LogP contribution in [-0.4, -0.2) is 152 Å². The average molecular weight is 1070 g/mol. The van der Waals surface area contributed by atoms with Gasteiger partial charge in [-0.2, -0.15) is 0 Å². The number of hydrogen-bond acceptors (Lipinski definition) is 12. The first kappa shape index (κ1) is 58.7. The molecule has 0 spiro atoms. The maximum atomic E-state index is 14.9. The molecule has 3 fully saturated rings. The number of carbonyl (C=O) groups excluding carboxylic acids is 9. The number of aliphatic hydroxyl groups excluding tert-OH is 1. The van der Waals surface area contributed by atoms with Gasteiger partial charge in [0.2, 0.25) is 53.2 Å². The van der Waals surface area contributed by atoms with E-state index < -0.39 is 126 Å². The number of aliphatic hydroxyl groups is 1. The van der Waals surface area contributed by atoms with Gasteiger partial charge in [0.15, 0.2) is 0 Å². The lowest BCUT2D eigenvalue weighted by Gasteiger charge is -2.32. The largest absolute Gasteiger partial charge is 0.508 e. The van der Waals surface area contributed by atoms with Crippen LogP contribution in [0.3, 0.4) is 0 Å². The molecule has 0 bridgehead atoms. The second-order valence-corrected chi connectivity index (χ2v) is 21.4. The van der Waals surface area contributed by atoms with E-state index in [1.807, 2.05) is 13.8 Å². The Bertz CT molecular complexity index is 2580. The van der Waals surface area contributed by atoms with E-state index >= 15 is 0 Å². The van der Waals surface area contributed by atoms with Crippen LogP contribution in [0.4, 0.5) is 0 Å². The Labute approximate surface area is 449 Å². The van der Waals surface area contributed by atoms with Gasteiger partial charge in [-0.05, 0) is 90.8 Å². The van der Waals surface area contributed by atoms with E-state index in [0.717, 1.165) is 0 Å². The highest BCUT2D eigenvalue weighted by atomic mass is 16.3. The minimum Gasteiger partial charge on any atom is -0.508 e. The summed E-state index contributed by atoms with van der Waals surface area (Å²) in [5.41, 5.74) is 1.71. The number of amides is 9. The fraction of sp³-hybridized carbons (Fsp3) is 0.518. The zero-order valence-electron chi connectivity index (χ0n) is 44.6. The number of phenols is 2. The molecule has 77 heavy (non-hydrogen) atoms. The van der Waals surface area contributed by atoms with Crippen LogP contribution in [0.15, 0.2) is 78.9 Å². The van der Waals surface area contributed by atoms with E-state index in [2.05, 4.69) is 37.2 Å². The summed E-state index contributed by atoms with van der Waals surface area (Å²) >= 11 is 0. The van der Waals surface area contributed by atoms with Crippen molar-refractivity contribution in [3.63, 3.8) is 0 Å². The first-order chi connectivity index (χ1) is 36.6. The van der Waals surface area contributed by atoms with Crippen LogP contribution in [-0.2, 0) is 62.4 Å². The molecule has 21 heteroatoms. The smallest absolute Gasteiger partial charge is 0.246 e. The topological polar surface area (TPSA) is 305 Å². The molecule has 0 saturated carbocycles. The fourth-order valence-corrected chi connectivity index (χ4v) is 10.0. The van der Waals surface area contributed by atoms with Crippen molar-refractivity contribution in [2.24, 2.45) is 17.8 Å². The number of nitrogens with one attached hydrogen (secondary N) is 7. The zero-order valence-corrected chi connectivity index (χ0v) is 44.6. The van der Waals surface area contributed by atoms with Crippen LogP contribution < -0.4 is 37.2 Å². The Morgan fingerprint density at radius 2 is 0.805 bits per heavy atom. The lowest BCUT2D eigenvalue weighted by atomic mass is 9.98. The van der Waals surface area contributed by atoms with Crippen molar-refractivity contribution in [1.82, 2.24) is 47.0 Å². The lowest BCUT2D eigenvalue weighted by molar-refractivity contribution is -0.143. The molecule has 3 aliphatic heterocycles. The molecule has 21 nitrogen and oxygen atoms in total. The number of benzene rings is 3. The van der Waals surface area contributed by atoms with Gasteiger partial charge in [0.1, 0.15) is 65.9 Å². The van der Waals surface area contributed by atoms with E-state index in [9.17, 15) is 58.5 Å². The van der Waals surface area contributed by atoms with Gasteiger partial charge in [-0.1, -0.05) is 96.1 Å². The van der Waals surface area contributed by atoms with Crippen LogP contribution >= 0.6 is 0 Å². The zero-order chi connectivity index (χ0) is 56.1. The summed E-state index contributed by atoms with van der Waals surface area (Å²) in [5, 5.41) is 49.9. The standard InChI is InChI=1S/C56H75N9O12/c1-31(2)26-41-55(76)64-24-11-15-45(64)52(73)61-43(30-66)50(71)63-47(33(5)6)54(75)60-42(29-36-18-22-38(68)23-19-36)56(77)65-25-10-14-44(65)51(72)58-39(28-35-16-20-37(67)21-17-35)48(69)57-40(27-34-12-8-7-9-13-34)49(70)62-46(32(3)4)53(74)59-41/h7-9,12-13,16-23,31-33,39-47,66-68H,10-11,14-15,24-30H2,1-6H3,(H,57,69)(H,58,72)(H,59,74)(H,60,75)(H,61,73)(H,62,70)(H,63,71)/t39-,40-,41-,42-,43-,44-,45-,46-,47-/m0/s1. The summed E-state index contributed by atoms with van der Waals surface area (Å²) in [6.45, 7) is 9.74. The number of fused-ring (bicyclic) bond motifs is 2. The Balaban J connectivity index is 1.42. The second kappa shape index (κ2) is 27.0. The van der Waals surface area contributed by atoms with E-state index in [4.69, 9.17) is 0 Å². The highest BCUT2D eigenvalue weighted by molar-refractivity contribution is 6.00. The van der Waals surface area contributed by atoms with Gasteiger partial charge >= 0.3 is 0 Å². The van der Waals surface area contributed by atoms with Gasteiger partial charge in [0.25, 0.3) is 0 Å². The number of carbonyl (C=O) groups is 9. The summed E-state index contributed by atoms with van der Waals surface area (Å²) < 4.78 is 0. The Kier molecular flexibility index (Phi) is 20.6. The SMILES string of the molecule is CC(C)C[C@@H]1NC(=O)[C@H](C(C)C)NC(=O)[C@H](Cc2ccccc2)NC(=O)[C@H](Cc2ccc(O)cc2)NC(=O)[C@@H]2CCCN2C(=O)[C@H](Cc2ccc(O)cc2)NC(=O)[C@H](C(C)C)NC(=O)[C@H](CO)NC(=O)[C@@H]2CCCN2C1=O. The van der Waals surface area contributed by atoms with Gasteiger partial charge in [-0.25, -0.2) is 0 Å². The molecule has 3 saturated heterocycles. The molecule has 0 aliphatic carbocycles. The summed E-state index contributed by atoms with van der Waals surface area (Å²) in [6, 6.07) is 9.16. The molecular formula is C56H75N9O12. The van der Waals surface area contributed by atoms with Crippen molar-refractivity contribution in [1.29, 1.82) is 0 Å². The van der Waals surface area contributed by atoms with Crippen LogP contribution in [0.25, 0.3) is 0 Å². The van der Waals surface area contributed by atoms with Crippen molar-refractivity contribution in [2.75, 3.05) is 19.7 Å². The molecule has 9 atom stereocenters. The Morgan fingerprint density at radius 1 is 0.442 bits per heavy atom. The normalized spacial score (nSPS) is 26.0. The van der Waals surface area contributed by atoms with Crippen LogP contribution in [0.2, 0.25) is 0 Å². The molecule has 3 aliphatic rings. The molecule has 3 aromatic carbocycles. The monoisotopic (exact) mass is 1070 g/mol. The predicted molar refractivity (Wildman–Crippen MR) is 283 cm³/mol. The van der Waals surface area contributed by atoms with Crippen molar-refractivity contribution in [3.05, 3.63) is 95.6 Å². The molecule has 416 valence electrons. The van der Waals surface area contributed by atoms with Gasteiger partial charge < -0.3 is 62.3 Å². The van der Waals surface area contributed by atoms with Gasteiger partial charge in [0, 0.05) is 32.4 Å². The number of nitrogens with zero attached hydrogens (tertiary/aromatic N) is 2. The number of aromatic hydroxyl groups is 2. The molecule has 0 aromatic heterocycles. The van der Waals surface area contributed by atoms with Crippen LogP contribution in [0.5, 0.6) is 11.5 Å². The fourth-order valence-electron chi connectivity index (χ4n) is 10.0. The quantitative estimate of drug-likeness (QED) is 0.128. The molecule has 6 rings (SSSR count). The van der Waals surface area contributed by atoms with Gasteiger partial charge in [0.05, 0.1) is 6.61 Å². The highest BCUT2D eigenvalue weighted by Crippen LogP contribution is 2.24.